The average Bonchev–Trinajstić information content (AvgIpc) is 2.24. The average molecular weight is 207 g/mol. The Morgan fingerprint density at radius 1 is 1.33 bits per heavy atom. The summed E-state index contributed by atoms with van der Waals surface area (Å²) in [5.74, 6) is 0. The van der Waals surface area contributed by atoms with Crippen molar-refractivity contribution in [2.45, 2.75) is 26.8 Å². The van der Waals surface area contributed by atoms with E-state index in [1.54, 1.807) is 0 Å². The van der Waals surface area contributed by atoms with Crippen LogP contribution in [0, 0.1) is 6.92 Å². The first-order valence-corrected chi connectivity index (χ1v) is 5.65. The fourth-order valence-electron chi connectivity index (χ4n) is 1.71. The second-order valence-corrected chi connectivity index (χ2v) is 3.93. The minimum atomic E-state index is 0.282. The third-order valence-corrected chi connectivity index (χ3v) is 2.57. The molecule has 0 fully saturated rings. The van der Waals surface area contributed by atoms with E-state index < -0.39 is 0 Å². The van der Waals surface area contributed by atoms with Crippen LogP contribution in [0.5, 0.6) is 0 Å². The lowest BCUT2D eigenvalue weighted by Crippen LogP contribution is -2.24. The summed E-state index contributed by atoms with van der Waals surface area (Å²) in [4.78, 5) is 2.35. The molecule has 1 aromatic carbocycles. The normalized spacial score (nSPS) is 10.9. The molecule has 0 saturated carbocycles. The zero-order valence-electron chi connectivity index (χ0n) is 9.74. The van der Waals surface area contributed by atoms with E-state index in [4.69, 9.17) is 5.11 Å². The van der Waals surface area contributed by atoms with E-state index in [2.05, 4.69) is 43.0 Å². The molecule has 1 aromatic rings. The van der Waals surface area contributed by atoms with Gasteiger partial charge in [-0.1, -0.05) is 36.8 Å². The number of rotatable bonds is 6. The smallest absolute Gasteiger partial charge is 0.0443 e. The Morgan fingerprint density at radius 2 is 2.13 bits per heavy atom. The summed E-state index contributed by atoms with van der Waals surface area (Å²) in [5, 5.41) is 8.79. The summed E-state index contributed by atoms with van der Waals surface area (Å²) in [6, 6.07) is 8.61. The molecule has 2 heteroatoms. The predicted molar refractivity (Wildman–Crippen MR) is 63.8 cm³/mol. The molecule has 84 valence electrons. The SMILES string of the molecule is CCN(CCCO)Cc1cccc(C)c1. The van der Waals surface area contributed by atoms with Crippen LogP contribution in [0.1, 0.15) is 24.5 Å². The topological polar surface area (TPSA) is 23.5 Å². The monoisotopic (exact) mass is 207 g/mol. The number of benzene rings is 1. The molecule has 0 aromatic heterocycles. The van der Waals surface area contributed by atoms with Gasteiger partial charge in [-0.15, -0.1) is 0 Å². The number of hydrogen-bond donors (Lipinski definition) is 1. The molecule has 1 rings (SSSR count). The lowest BCUT2D eigenvalue weighted by Gasteiger charge is -2.20. The van der Waals surface area contributed by atoms with Gasteiger partial charge in [0.2, 0.25) is 0 Å². The van der Waals surface area contributed by atoms with Crippen LogP contribution in [0.2, 0.25) is 0 Å². The second-order valence-electron chi connectivity index (χ2n) is 3.93. The van der Waals surface area contributed by atoms with Crippen LogP contribution in [0.4, 0.5) is 0 Å². The van der Waals surface area contributed by atoms with Gasteiger partial charge in [-0.3, -0.25) is 4.90 Å². The minimum absolute atomic E-state index is 0.282. The molecule has 0 heterocycles. The molecule has 0 aliphatic carbocycles. The van der Waals surface area contributed by atoms with Crippen molar-refractivity contribution in [3.8, 4) is 0 Å². The van der Waals surface area contributed by atoms with Gasteiger partial charge < -0.3 is 5.11 Å². The lowest BCUT2D eigenvalue weighted by atomic mass is 10.1. The molecule has 0 radical (unpaired) electrons. The highest BCUT2D eigenvalue weighted by molar-refractivity contribution is 5.22. The van der Waals surface area contributed by atoms with Crippen molar-refractivity contribution in [1.29, 1.82) is 0 Å². The van der Waals surface area contributed by atoms with Gasteiger partial charge in [-0.05, 0) is 25.5 Å². The zero-order valence-corrected chi connectivity index (χ0v) is 9.74. The van der Waals surface area contributed by atoms with E-state index in [1.807, 2.05) is 0 Å². The van der Waals surface area contributed by atoms with Crippen molar-refractivity contribution < 1.29 is 5.11 Å². The van der Waals surface area contributed by atoms with Gasteiger partial charge in [0, 0.05) is 19.7 Å². The van der Waals surface area contributed by atoms with E-state index in [1.165, 1.54) is 11.1 Å². The van der Waals surface area contributed by atoms with Crippen molar-refractivity contribution in [2.24, 2.45) is 0 Å². The van der Waals surface area contributed by atoms with Crippen molar-refractivity contribution >= 4 is 0 Å². The lowest BCUT2D eigenvalue weighted by molar-refractivity contribution is 0.225. The third kappa shape index (κ3) is 4.45. The molecule has 0 amide bonds. The van der Waals surface area contributed by atoms with E-state index >= 15 is 0 Å². The highest BCUT2D eigenvalue weighted by Gasteiger charge is 2.02. The predicted octanol–water partition coefficient (Wildman–Crippen LogP) is 2.20. The number of hydrogen-bond acceptors (Lipinski definition) is 2. The van der Waals surface area contributed by atoms with Crippen LogP contribution in [0.15, 0.2) is 24.3 Å². The largest absolute Gasteiger partial charge is 0.396 e. The summed E-state index contributed by atoms with van der Waals surface area (Å²) in [7, 11) is 0. The summed E-state index contributed by atoms with van der Waals surface area (Å²) in [5.41, 5.74) is 2.67. The van der Waals surface area contributed by atoms with Crippen LogP contribution in [-0.4, -0.2) is 29.7 Å². The number of aryl methyl sites for hydroxylation is 1. The standard InChI is InChI=1S/C13H21NO/c1-3-14(8-5-9-15)11-13-7-4-6-12(2)10-13/h4,6-7,10,15H,3,5,8-9,11H2,1-2H3. The number of nitrogens with zero attached hydrogens (tertiary/aromatic N) is 1. The van der Waals surface area contributed by atoms with E-state index in [0.29, 0.717) is 0 Å². The Hall–Kier alpha value is -0.860. The number of aliphatic hydroxyl groups is 1. The first kappa shape index (κ1) is 12.2. The summed E-state index contributed by atoms with van der Waals surface area (Å²) >= 11 is 0. The first-order valence-electron chi connectivity index (χ1n) is 5.65. The molecule has 0 aliphatic rings. The molecule has 0 saturated heterocycles. The van der Waals surface area contributed by atoms with Gasteiger partial charge in [0.15, 0.2) is 0 Å². The maximum Gasteiger partial charge on any atom is 0.0443 e. The summed E-state index contributed by atoms with van der Waals surface area (Å²) in [6.45, 7) is 7.55. The third-order valence-electron chi connectivity index (χ3n) is 2.57. The van der Waals surface area contributed by atoms with E-state index in [0.717, 1.165) is 26.1 Å². The molecule has 0 unspecified atom stereocenters. The molecular weight excluding hydrogens is 186 g/mol. The van der Waals surface area contributed by atoms with Crippen LogP contribution >= 0.6 is 0 Å². The quantitative estimate of drug-likeness (QED) is 0.773. The number of aliphatic hydroxyl groups excluding tert-OH is 1. The van der Waals surface area contributed by atoms with Crippen LogP contribution in [0.3, 0.4) is 0 Å². The van der Waals surface area contributed by atoms with Crippen molar-refractivity contribution in [3.63, 3.8) is 0 Å². The molecule has 2 nitrogen and oxygen atoms in total. The Kier molecular flexibility index (Phi) is 5.37. The maximum absolute atomic E-state index is 8.79. The highest BCUT2D eigenvalue weighted by atomic mass is 16.3. The Balaban J connectivity index is 2.50. The zero-order chi connectivity index (χ0) is 11.1. The van der Waals surface area contributed by atoms with Gasteiger partial charge in [-0.25, -0.2) is 0 Å². The molecule has 0 bridgehead atoms. The van der Waals surface area contributed by atoms with Gasteiger partial charge in [-0.2, -0.15) is 0 Å². The molecule has 0 spiro atoms. The molecule has 15 heavy (non-hydrogen) atoms. The van der Waals surface area contributed by atoms with E-state index in [9.17, 15) is 0 Å². The van der Waals surface area contributed by atoms with Crippen molar-refractivity contribution in [3.05, 3.63) is 35.4 Å². The first-order chi connectivity index (χ1) is 7.26. The van der Waals surface area contributed by atoms with Crippen molar-refractivity contribution in [1.82, 2.24) is 4.90 Å². The van der Waals surface area contributed by atoms with Gasteiger partial charge in [0.1, 0.15) is 0 Å². The molecule has 0 atom stereocenters. The van der Waals surface area contributed by atoms with E-state index in [-0.39, 0.29) is 6.61 Å². The molecule has 1 N–H and O–H groups in total. The van der Waals surface area contributed by atoms with Gasteiger partial charge in [0.25, 0.3) is 0 Å². The summed E-state index contributed by atoms with van der Waals surface area (Å²) < 4.78 is 0. The Labute approximate surface area is 92.5 Å². The van der Waals surface area contributed by atoms with Crippen molar-refractivity contribution in [2.75, 3.05) is 19.7 Å². The maximum atomic E-state index is 8.79. The highest BCUT2D eigenvalue weighted by Crippen LogP contribution is 2.07. The molecular formula is C13H21NO. The fourth-order valence-corrected chi connectivity index (χ4v) is 1.71. The van der Waals surface area contributed by atoms with Gasteiger partial charge in [0.05, 0.1) is 0 Å². The summed E-state index contributed by atoms with van der Waals surface area (Å²) in [6.07, 6.45) is 0.861. The van der Waals surface area contributed by atoms with Gasteiger partial charge >= 0.3 is 0 Å². The van der Waals surface area contributed by atoms with Crippen LogP contribution in [0.25, 0.3) is 0 Å². The second kappa shape index (κ2) is 6.59. The minimum Gasteiger partial charge on any atom is -0.396 e. The molecule has 0 aliphatic heterocycles. The Bertz CT molecular complexity index is 286. The van der Waals surface area contributed by atoms with Crippen LogP contribution in [-0.2, 0) is 6.54 Å². The fraction of sp³-hybridized carbons (Fsp3) is 0.538. The Morgan fingerprint density at radius 3 is 2.73 bits per heavy atom. The van der Waals surface area contributed by atoms with Crippen LogP contribution < -0.4 is 0 Å².